The van der Waals surface area contributed by atoms with Gasteiger partial charge in [-0.05, 0) is 49.1 Å². The van der Waals surface area contributed by atoms with Crippen molar-refractivity contribution in [3.8, 4) is 0 Å². The van der Waals surface area contributed by atoms with Crippen molar-refractivity contribution in [1.29, 1.82) is 0 Å². The fourth-order valence-electron chi connectivity index (χ4n) is 5.21. The quantitative estimate of drug-likeness (QED) is 0.609. The van der Waals surface area contributed by atoms with Crippen LogP contribution in [-0.2, 0) is 31.2 Å². The van der Waals surface area contributed by atoms with Crippen molar-refractivity contribution in [1.82, 2.24) is 14.4 Å². The molecule has 0 aliphatic carbocycles. The first-order valence-electron chi connectivity index (χ1n) is 11.8. The molecule has 5 rings (SSSR count). The number of piperazine rings is 1. The predicted octanol–water partition coefficient (Wildman–Crippen LogP) is 4.15. The van der Waals surface area contributed by atoms with Gasteiger partial charge in [0.05, 0.1) is 18.6 Å². The summed E-state index contributed by atoms with van der Waals surface area (Å²) in [5, 5.41) is 11.3. The highest BCUT2D eigenvalue weighted by Gasteiger charge is 2.27. The Hall–Kier alpha value is -3.03. The number of aryl methyl sites for hydroxylation is 1. The maximum atomic E-state index is 13.0. The Balaban J connectivity index is 1.31. The monoisotopic (exact) mass is 480 g/mol. The first kappa shape index (κ1) is 22.7. The zero-order valence-corrected chi connectivity index (χ0v) is 20.1. The van der Waals surface area contributed by atoms with Crippen LogP contribution in [0.3, 0.4) is 0 Å². The molecule has 0 unspecified atom stereocenters. The second-order valence-corrected chi connectivity index (χ2v) is 9.63. The number of halogens is 1. The molecule has 0 spiro atoms. The van der Waals surface area contributed by atoms with Gasteiger partial charge in [0, 0.05) is 60.6 Å². The molecule has 1 saturated heterocycles. The first-order valence-corrected chi connectivity index (χ1v) is 12.1. The van der Waals surface area contributed by atoms with Gasteiger partial charge in [0.2, 0.25) is 5.91 Å². The molecular formula is C26H29ClN4O3. The van der Waals surface area contributed by atoms with Crippen molar-refractivity contribution in [2.45, 2.75) is 25.8 Å². The number of hydrogen-bond donors (Lipinski definition) is 1. The third-order valence-corrected chi connectivity index (χ3v) is 7.38. The molecule has 2 aromatic carbocycles. The summed E-state index contributed by atoms with van der Waals surface area (Å²) in [4.78, 5) is 30.2. The normalized spacial score (nSPS) is 17.2. The van der Waals surface area contributed by atoms with E-state index in [0.717, 1.165) is 59.5 Å². The van der Waals surface area contributed by atoms with E-state index in [1.54, 1.807) is 0 Å². The van der Waals surface area contributed by atoms with Crippen molar-refractivity contribution >= 4 is 40.2 Å². The smallest absolute Gasteiger partial charge is 0.407 e. The Morgan fingerprint density at radius 3 is 2.59 bits per heavy atom. The highest BCUT2D eigenvalue weighted by Crippen LogP contribution is 2.33. The Morgan fingerprint density at radius 2 is 1.85 bits per heavy atom. The van der Waals surface area contributed by atoms with Gasteiger partial charge in [0.1, 0.15) is 0 Å². The molecule has 1 fully saturated rings. The van der Waals surface area contributed by atoms with Crippen LogP contribution in [0.5, 0.6) is 0 Å². The second kappa shape index (κ2) is 9.31. The maximum Gasteiger partial charge on any atom is 0.407 e. The summed E-state index contributed by atoms with van der Waals surface area (Å²) in [7, 11) is 2.04. The van der Waals surface area contributed by atoms with E-state index in [2.05, 4.69) is 21.6 Å². The van der Waals surface area contributed by atoms with Crippen molar-refractivity contribution in [3.05, 3.63) is 64.3 Å². The molecule has 178 valence electrons. The van der Waals surface area contributed by atoms with E-state index < -0.39 is 6.09 Å². The Morgan fingerprint density at radius 1 is 1.06 bits per heavy atom. The number of carbonyl (C=O) groups excluding carboxylic acids is 1. The van der Waals surface area contributed by atoms with Crippen LogP contribution in [0.25, 0.3) is 10.9 Å². The zero-order valence-electron chi connectivity index (χ0n) is 19.3. The minimum Gasteiger partial charge on any atom is -0.465 e. The van der Waals surface area contributed by atoms with Crippen molar-refractivity contribution in [2.24, 2.45) is 7.05 Å². The number of rotatable bonds is 4. The molecule has 2 aliphatic heterocycles. The molecule has 0 atom stereocenters. The maximum absolute atomic E-state index is 13.0. The van der Waals surface area contributed by atoms with Gasteiger partial charge in [-0.15, -0.1) is 0 Å². The van der Waals surface area contributed by atoms with Gasteiger partial charge >= 0.3 is 6.09 Å². The van der Waals surface area contributed by atoms with Crippen LogP contribution in [0.2, 0.25) is 5.02 Å². The minimum absolute atomic E-state index is 0.106. The van der Waals surface area contributed by atoms with Crippen molar-refractivity contribution in [2.75, 3.05) is 37.6 Å². The summed E-state index contributed by atoms with van der Waals surface area (Å²) in [6, 6.07) is 14.0. The number of anilines is 1. The Bertz CT molecular complexity index is 1240. The van der Waals surface area contributed by atoms with E-state index in [9.17, 15) is 14.7 Å². The van der Waals surface area contributed by atoms with Crippen LogP contribution in [0.15, 0.2) is 42.5 Å². The lowest BCUT2D eigenvalue weighted by Crippen LogP contribution is -2.50. The molecule has 1 N–H and O–H groups in total. The van der Waals surface area contributed by atoms with E-state index in [1.165, 1.54) is 16.2 Å². The third-order valence-electron chi connectivity index (χ3n) is 7.12. The van der Waals surface area contributed by atoms with Crippen molar-refractivity contribution in [3.63, 3.8) is 0 Å². The summed E-state index contributed by atoms with van der Waals surface area (Å²) >= 11 is 5.97. The van der Waals surface area contributed by atoms with Gasteiger partial charge in [0.25, 0.3) is 0 Å². The van der Waals surface area contributed by atoms with Crippen LogP contribution >= 0.6 is 11.6 Å². The number of hydrogen-bond acceptors (Lipinski definition) is 3. The molecular weight excluding hydrogens is 452 g/mol. The highest BCUT2D eigenvalue weighted by molar-refractivity contribution is 6.30. The second-order valence-electron chi connectivity index (χ2n) is 9.19. The number of benzene rings is 2. The van der Waals surface area contributed by atoms with Crippen molar-refractivity contribution < 1.29 is 14.7 Å². The molecule has 7 nitrogen and oxygen atoms in total. The lowest BCUT2D eigenvalue weighted by atomic mass is 10.1. The van der Waals surface area contributed by atoms with E-state index in [-0.39, 0.29) is 5.91 Å². The lowest BCUT2D eigenvalue weighted by molar-refractivity contribution is -0.121. The molecule has 0 radical (unpaired) electrons. The number of amides is 2. The SMILES string of the molecule is Cn1c2c(c3ccc(N4CCN(CCc5ccc(Cl)cc5)CC4=O)cc31)CN(C(=O)O)CCC2. The topological polar surface area (TPSA) is 69.0 Å². The first-order chi connectivity index (χ1) is 16.4. The number of fused-ring (bicyclic) bond motifs is 3. The average Bonchev–Trinajstić information content (AvgIpc) is 2.97. The van der Waals surface area contributed by atoms with Gasteiger partial charge < -0.3 is 19.5 Å². The van der Waals surface area contributed by atoms with Gasteiger partial charge in [0.15, 0.2) is 0 Å². The van der Waals surface area contributed by atoms with Gasteiger partial charge in [-0.2, -0.15) is 0 Å². The molecule has 3 aromatic rings. The number of carboxylic acid groups (broad SMARTS) is 1. The molecule has 2 aliphatic rings. The van der Waals surface area contributed by atoms with Crippen LogP contribution in [0, 0.1) is 0 Å². The molecule has 2 amide bonds. The fraction of sp³-hybridized carbons (Fsp3) is 0.385. The predicted molar refractivity (Wildman–Crippen MR) is 134 cm³/mol. The summed E-state index contributed by atoms with van der Waals surface area (Å²) < 4.78 is 2.17. The van der Waals surface area contributed by atoms with E-state index in [0.29, 0.717) is 26.2 Å². The molecule has 8 heteroatoms. The minimum atomic E-state index is -0.874. The molecule has 3 heterocycles. The standard InChI is InChI=1S/C26H29ClN4O3/c1-28-23-3-2-11-30(26(33)34)16-22(23)21-9-8-20(15-24(21)28)31-14-13-29(17-25(31)32)12-10-18-4-6-19(27)7-5-18/h4-9,15H,2-3,10-14,16-17H2,1H3,(H,33,34). The van der Waals surface area contributed by atoms with Gasteiger partial charge in [-0.1, -0.05) is 29.8 Å². The summed E-state index contributed by atoms with van der Waals surface area (Å²) in [6.45, 7) is 3.69. The third kappa shape index (κ3) is 4.38. The fourth-order valence-corrected chi connectivity index (χ4v) is 5.34. The largest absolute Gasteiger partial charge is 0.465 e. The molecule has 0 bridgehead atoms. The Labute approximate surface area is 204 Å². The number of aromatic nitrogens is 1. The van der Waals surface area contributed by atoms with Crippen LogP contribution in [0.1, 0.15) is 23.2 Å². The average molecular weight is 481 g/mol. The van der Waals surface area contributed by atoms with Crippen LogP contribution in [0.4, 0.5) is 10.5 Å². The van der Waals surface area contributed by atoms with E-state index in [1.807, 2.05) is 42.3 Å². The molecule has 1 aromatic heterocycles. The lowest BCUT2D eigenvalue weighted by Gasteiger charge is -2.34. The van der Waals surface area contributed by atoms with Gasteiger partial charge in [-0.25, -0.2) is 4.79 Å². The Kier molecular flexibility index (Phi) is 6.23. The van der Waals surface area contributed by atoms with E-state index in [4.69, 9.17) is 11.6 Å². The summed E-state index contributed by atoms with van der Waals surface area (Å²) in [6.07, 6.45) is 1.68. The van der Waals surface area contributed by atoms with Gasteiger partial charge in [-0.3, -0.25) is 9.69 Å². The van der Waals surface area contributed by atoms with E-state index >= 15 is 0 Å². The molecule has 34 heavy (non-hydrogen) atoms. The zero-order chi connectivity index (χ0) is 23.8. The number of nitrogens with zero attached hydrogens (tertiary/aromatic N) is 4. The molecule has 0 saturated carbocycles. The van der Waals surface area contributed by atoms with Crippen LogP contribution in [-0.4, -0.2) is 64.2 Å². The highest BCUT2D eigenvalue weighted by atomic mass is 35.5. The van der Waals surface area contributed by atoms with Crippen LogP contribution < -0.4 is 4.90 Å². The number of carbonyl (C=O) groups is 2. The summed E-state index contributed by atoms with van der Waals surface area (Å²) in [5.74, 6) is 0.106. The summed E-state index contributed by atoms with van der Waals surface area (Å²) in [5.41, 5.74) is 5.44.